The number of carbonyl (C=O) groups excluding carboxylic acids is 1. The summed E-state index contributed by atoms with van der Waals surface area (Å²) in [5.41, 5.74) is 0. The van der Waals surface area contributed by atoms with E-state index >= 15 is 0 Å². The molecule has 0 aliphatic heterocycles. The Morgan fingerprint density at radius 2 is 1.93 bits per heavy atom. The minimum Gasteiger partial charge on any atom is -0.462 e. The van der Waals surface area contributed by atoms with Crippen molar-refractivity contribution in [1.82, 2.24) is 0 Å². The summed E-state index contributed by atoms with van der Waals surface area (Å²) in [6.07, 6.45) is -0.162. The largest absolute Gasteiger partial charge is 0.462 e. The fourth-order valence-electron chi connectivity index (χ4n) is 1.06. The van der Waals surface area contributed by atoms with Gasteiger partial charge in [-0.1, -0.05) is 18.2 Å². The summed E-state index contributed by atoms with van der Waals surface area (Å²) in [5.74, 6) is -0.505. The van der Waals surface area contributed by atoms with E-state index in [1.807, 2.05) is 6.07 Å². The molecule has 0 aliphatic carbocycles. The van der Waals surface area contributed by atoms with E-state index in [9.17, 15) is 9.00 Å². The van der Waals surface area contributed by atoms with Crippen LogP contribution in [0.15, 0.2) is 35.2 Å². The fraction of sp³-hybridized carbons (Fsp3) is 0.364. The van der Waals surface area contributed by atoms with Gasteiger partial charge in [-0.3, -0.25) is 9.00 Å². The molecule has 82 valence electrons. The molecular weight excluding hydrogens is 212 g/mol. The van der Waals surface area contributed by atoms with Crippen molar-refractivity contribution in [2.75, 3.05) is 5.75 Å². The molecule has 1 atom stereocenters. The molecule has 0 bridgehead atoms. The van der Waals surface area contributed by atoms with Gasteiger partial charge in [0.15, 0.2) is 0 Å². The lowest BCUT2D eigenvalue weighted by molar-refractivity contribution is -0.144. The smallest absolute Gasteiger partial charge is 0.319 e. The van der Waals surface area contributed by atoms with Crippen molar-refractivity contribution in [3.05, 3.63) is 30.3 Å². The minimum absolute atomic E-state index is 0.0812. The zero-order valence-corrected chi connectivity index (χ0v) is 9.62. The van der Waals surface area contributed by atoms with Gasteiger partial charge in [-0.25, -0.2) is 0 Å². The minimum atomic E-state index is -1.30. The number of hydrogen-bond donors (Lipinski definition) is 0. The molecule has 0 heterocycles. The number of ether oxygens (including phenoxy) is 1. The van der Waals surface area contributed by atoms with Gasteiger partial charge in [-0.2, -0.15) is 0 Å². The molecule has 0 aromatic heterocycles. The number of carbonyl (C=O) groups is 1. The van der Waals surface area contributed by atoms with Crippen LogP contribution in [0.5, 0.6) is 0 Å². The van der Waals surface area contributed by atoms with Gasteiger partial charge >= 0.3 is 5.97 Å². The fourth-order valence-corrected chi connectivity index (χ4v) is 1.97. The van der Waals surface area contributed by atoms with E-state index < -0.39 is 16.8 Å². The average Bonchev–Trinajstić information content (AvgIpc) is 2.17. The lowest BCUT2D eigenvalue weighted by atomic mass is 10.4. The summed E-state index contributed by atoms with van der Waals surface area (Å²) in [5, 5.41) is 0. The Labute approximate surface area is 91.9 Å². The average molecular weight is 226 g/mol. The van der Waals surface area contributed by atoms with Crippen molar-refractivity contribution < 1.29 is 13.7 Å². The molecule has 0 saturated heterocycles. The first kappa shape index (κ1) is 11.9. The third-order valence-electron chi connectivity index (χ3n) is 1.62. The second kappa shape index (κ2) is 5.66. The predicted molar refractivity (Wildman–Crippen MR) is 58.9 cm³/mol. The summed E-state index contributed by atoms with van der Waals surface area (Å²) < 4.78 is 16.6. The van der Waals surface area contributed by atoms with Crippen LogP contribution in [0.2, 0.25) is 0 Å². The zero-order chi connectivity index (χ0) is 11.3. The summed E-state index contributed by atoms with van der Waals surface area (Å²) in [6, 6.07) is 8.90. The number of rotatable bonds is 4. The van der Waals surface area contributed by atoms with Crippen molar-refractivity contribution >= 4 is 16.8 Å². The van der Waals surface area contributed by atoms with Crippen LogP contribution in [0, 0.1) is 0 Å². The summed E-state index contributed by atoms with van der Waals surface area (Å²) >= 11 is 0. The molecule has 1 unspecified atom stereocenters. The Morgan fingerprint density at radius 3 is 2.47 bits per heavy atom. The third-order valence-corrected chi connectivity index (χ3v) is 2.92. The standard InChI is InChI=1S/C11H14O3S/c1-9(2)14-11(12)8-15(13)10-6-4-3-5-7-10/h3-7,9H,8H2,1-2H3. The molecule has 15 heavy (non-hydrogen) atoms. The van der Waals surface area contributed by atoms with E-state index in [1.54, 1.807) is 38.1 Å². The maximum absolute atomic E-state index is 11.6. The zero-order valence-electron chi connectivity index (χ0n) is 8.80. The third kappa shape index (κ3) is 4.25. The van der Waals surface area contributed by atoms with Crippen LogP contribution < -0.4 is 0 Å². The second-order valence-electron chi connectivity index (χ2n) is 3.34. The number of esters is 1. The Kier molecular flexibility index (Phi) is 4.49. The van der Waals surface area contributed by atoms with Gasteiger partial charge in [0.1, 0.15) is 5.75 Å². The van der Waals surface area contributed by atoms with E-state index in [1.165, 1.54) is 0 Å². The summed E-state index contributed by atoms with van der Waals surface area (Å²) in [6.45, 7) is 3.53. The molecule has 0 saturated carbocycles. The Morgan fingerprint density at radius 1 is 1.33 bits per heavy atom. The van der Waals surface area contributed by atoms with E-state index in [-0.39, 0.29) is 11.9 Å². The summed E-state index contributed by atoms with van der Waals surface area (Å²) in [4.78, 5) is 11.9. The molecule has 0 fully saturated rings. The van der Waals surface area contributed by atoms with Crippen LogP contribution in [0.25, 0.3) is 0 Å². The van der Waals surface area contributed by atoms with Gasteiger partial charge in [0, 0.05) is 4.90 Å². The SMILES string of the molecule is CC(C)OC(=O)CS(=O)c1ccccc1. The molecule has 0 radical (unpaired) electrons. The highest BCUT2D eigenvalue weighted by atomic mass is 32.2. The van der Waals surface area contributed by atoms with Gasteiger partial charge in [0.2, 0.25) is 0 Å². The highest BCUT2D eigenvalue weighted by Crippen LogP contribution is 2.06. The van der Waals surface area contributed by atoms with E-state index in [2.05, 4.69) is 0 Å². The second-order valence-corrected chi connectivity index (χ2v) is 4.79. The molecule has 0 spiro atoms. The van der Waals surface area contributed by atoms with Crippen molar-refractivity contribution in [2.24, 2.45) is 0 Å². The van der Waals surface area contributed by atoms with E-state index in [0.717, 1.165) is 0 Å². The van der Waals surface area contributed by atoms with Crippen LogP contribution in [-0.2, 0) is 20.3 Å². The Bertz CT molecular complexity index is 346. The van der Waals surface area contributed by atoms with Crippen LogP contribution in [0.3, 0.4) is 0 Å². The molecular formula is C11H14O3S. The molecule has 0 N–H and O–H groups in total. The lowest BCUT2D eigenvalue weighted by Crippen LogP contribution is -2.18. The first-order valence-electron chi connectivity index (χ1n) is 4.72. The van der Waals surface area contributed by atoms with Crippen LogP contribution in [-0.4, -0.2) is 22.0 Å². The van der Waals surface area contributed by atoms with Crippen molar-refractivity contribution in [3.63, 3.8) is 0 Å². The maximum atomic E-state index is 11.6. The highest BCUT2D eigenvalue weighted by Gasteiger charge is 2.11. The van der Waals surface area contributed by atoms with Gasteiger partial charge < -0.3 is 4.74 Å². The van der Waals surface area contributed by atoms with Crippen molar-refractivity contribution in [2.45, 2.75) is 24.8 Å². The molecule has 1 aromatic carbocycles. The first-order valence-corrected chi connectivity index (χ1v) is 6.04. The van der Waals surface area contributed by atoms with Crippen LogP contribution in [0.1, 0.15) is 13.8 Å². The Hall–Kier alpha value is -1.16. The molecule has 4 heteroatoms. The topological polar surface area (TPSA) is 43.4 Å². The number of benzene rings is 1. The molecule has 3 nitrogen and oxygen atoms in total. The summed E-state index contributed by atoms with van der Waals surface area (Å²) in [7, 11) is -1.30. The van der Waals surface area contributed by atoms with Crippen molar-refractivity contribution in [3.8, 4) is 0 Å². The van der Waals surface area contributed by atoms with Crippen LogP contribution in [0.4, 0.5) is 0 Å². The van der Waals surface area contributed by atoms with Gasteiger partial charge in [-0.15, -0.1) is 0 Å². The molecule has 1 aromatic rings. The molecule has 0 amide bonds. The quantitative estimate of drug-likeness (QED) is 0.734. The predicted octanol–water partition coefficient (Wildman–Crippen LogP) is 1.75. The maximum Gasteiger partial charge on any atom is 0.319 e. The molecule has 0 aliphatic rings. The van der Waals surface area contributed by atoms with Crippen molar-refractivity contribution in [1.29, 1.82) is 0 Å². The lowest BCUT2D eigenvalue weighted by Gasteiger charge is -2.07. The molecule has 1 rings (SSSR count). The Balaban J connectivity index is 2.53. The first-order chi connectivity index (χ1) is 7.09. The van der Waals surface area contributed by atoms with Crippen LogP contribution >= 0.6 is 0 Å². The van der Waals surface area contributed by atoms with E-state index in [4.69, 9.17) is 4.74 Å². The van der Waals surface area contributed by atoms with Gasteiger partial charge in [0.05, 0.1) is 16.9 Å². The van der Waals surface area contributed by atoms with E-state index in [0.29, 0.717) is 4.90 Å². The normalized spacial score (nSPS) is 12.5. The van der Waals surface area contributed by atoms with Gasteiger partial charge in [0.25, 0.3) is 0 Å². The highest BCUT2D eigenvalue weighted by molar-refractivity contribution is 7.85. The number of hydrogen-bond acceptors (Lipinski definition) is 3. The van der Waals surface area contributed by atoms with Gasteiger partial charge in [-0.05, 0) is 26.0 Å². The monoisotopic (exact) mass is 226 g/mol.